The van der Waals surface area contributed by atoms with Gasteiger partial charge in [-0.1, -0.05) is 18.2 Å². The maximum Gasteiger partial charge on any atom is 0.357 e. The van der Waals surface area contributed by atoms with Crippen molar-refractivity contribution in [2.75, 3.05) is 0 Å². The van der Waals surface area contributed by atoms with Crippen molar-refractivity contribution in [1.29, 1.82) is 0 Å². The van der Waals surface area contributed by atoms with Crippen LogP contribution in [0.15, 0.2) is 53.5 Å². The van der Waals surface area contributed by atoms with Crippen LogP contribution < -0.4 is 5.56 Å². The van der Waals surface area contributed by atoms with Crippen LogP contribution in [0.5, 0.6) is 0 Å². The molecule has 2 aromatic heterocycles. The smallest absolute Gasteiger partial charge is 0.357 e. The molecule has 0 radical (unpaired) electrons. The largest absolute Gasteiger partial charge is 0.453 e. The topological polar surface area (TPSA) is 84.9 Å². The Morgan fingerprint density at radius 3 is 2.76 bits per heavy atom. The predicted molar refractivity (Wildman–Crippen MR) is 75.7 cm³/mol. The number of pyridine rings is 1. The van der Waals surface area contributed by atoms with E-state index in [0.29, 0.717) is 16.7 Å². The van der Waals surface area contributed by atoms with Gasteiger partial charge < -0.3 is 9.72 Å². The standard InChI is InChI=1S/C15H11N3O3/c19-14-10-5-1-2-6-11(10)17-13(18-14)9-21-15(20)12-7-3-4-8-16-12/h1-8H,9H2,(H,17,18,19). The van der Waals surface area contributed by atoms with Gasteiger partial charge in [-0.05, 0) is 24.3 Å². The van der Waals surface area contributed by atoms with E-state index in [2.05, 4.69) is 15.0 Å². The molecule has 6 heteroatoms. The van der Waals surface area contributed by atoms with Gasteiger partial charge in [0.25, 0.3) is 5.56 Å². The highest BCUT2D eigenvalue weighted by Gasteiger charge is 2.10. The average molecular weight is 281 g/mol. The first-order chi connectivity index (χ1) is 10.2. The second-order valence-corrected chi connectivity index (χ2v) is 4.32. The van der Waals surface area contributed by atoms with Gasteiger partial charge in [-0.3, -0.25) is 4.79 Å². The molecule has 104 valence electrons. The summed E-state index contributed by atoms with van der Waals surface area (Å²) in [6, 6.07) is 11.9. The highest BCUT2D eigenvalue weighted by molar-refractivity contribution is 5.87. The van der Waals surface area contributed by atoms with E-state index in [1.807, 2.05) is 0 Å². The Morgan fingerprint density at radius 1 is 1.14 bits per heavy atom. The predicted octanol–water partition coefficient (Wildman–Crippen LogP) is 1.68. The van der Waals surface area contributed by atoms with E-state index in [-0.39, 0.29) is 17.9 Å². The van der Waals surface area contributed by atoms with Gasteiger partial charge in [0.05, 0.1) is 10.9 Å². The first-order valence-electron chi connectivity index (χ1n) is 6.30. The maximum absolute atomic E-state index is 11.9. The Labute approximate surface area is 119 Å². The zero-order valence-corrected chi connectivity index (χ0v) is 10.9. The molecule has 0 bridgehead atoms. The third-order valence-electron chi connectivity index (χ3n) is 2.88. The SMILES string of the molecule is O=C(OCc1nc2ccccc2c(=O)[nH]1)c1ccccn1. The van der Waals surface area contributed by atoms with E-state index in [1.165, 1.54) is 6.20 Å². The zero-order chi connectivity index (χ0) is 14.7. The number of carbonyl (C=O) groups excluding carboxylic acids is 1. The summed E-state index contributed by atoms with van der Waals surface area (Å²) >= 11 is 0. The Morgan fingerprint density at radius 2 is 1.95 bits per heavy atom. The fraction of sp³-hybridized carbons (Fsp3) is 0.0667. The summed E-state index contributed by atoms with van der Waals surface area (Å²) in [5.74, 6) is -0.269. The summed E-state index contributed by atoms with van der Waals surface area (Å²) in [5, 5.41) is 0.498. The van der Waals surface area contributed by atoms with Crippen molar-refractivity contribution in [3.8, 4) is 0 Å². The van der Waals surface area contributed by atoms with E-state index in [1.54, 1.807) is 42.5 Å². The van der Waals surface area contributed by atoms with E-state index >= 15 is 0 Å². The van der Waals surface area contributed by atoms with Crippen LogP contribution in [-0.2, 0) is 11.3 Å². The Balaban J connectivity index is 1.80. The van der Waals surface area contributed by atoms with Crippen LogP contribution in [0.3, 0.4) is 0 Å². The molecule has 21 heavy (non-hydrogen) atoms. The van der Waals surface area contributed by atoms with Crippen LogP contribution in [0.1, 0.15) is 16.3 Å². The minimum Gasteiger partial charge on any atom is -0.453 e. The van der Waals surface area contributed by atoms with E-state index in [4.69, 9.17) is 4.74 Å². The number of benzene rings is 1. The first-order valence-corrected chi connectivity index (χ1v) is 6.30. The van der Waals surface area contributed by atoms with Gasteiger partial charge in [-0.15, -0.1) is 0 Å². The zero-order valence-electron chi connectivity index (χ0n) is 10.9. The van der Waals surface area contributed by atoms with Crippen molar-refractivity contribution in [1.82, 2.24) is 15.0 Å². The number of rotatable bonds is 3. The molecule has 0 spiro atoms. The quantitative estimate of drug-likeness (QED) is 0.738. The van der Waals surface area contributed by atoms with Crippen molar-refractivity contribution < 1.29 is 9.53 Å². The molecule has 2 heterocycles. The Bertz CT molecular complexity index is 843. The number of H-pyrrole nitrogens is 1. The van der Waals surface area contributed by atoms with Gasteiger partial charge >= 0.3 is 5.97 Å². The molecule has 0 amide bonds. The number of hydrogen-bond donors (Lipinski definition) is 1. The summed E-state index contributed by atoms with van der Waals surface area (Å²) in [5.41, 5.74) is 0.509. The molecule has 0 unspecified atom stereocenters. The van der Waals surface area contributed by atoms with Crippen molar-refractivity contribution in [3.05, 3.63) is 70.5 Å². The molecular formula is C15H11N3O3. The molecule has 0 saturated carbocycles. The van der Waals surface area contributed by atoms with Crippen LogP contribution >= 0.6 is 0 Å². The van der Waals surface area contributed by atoms with Crippen LogP contribution in [0.2, 0.25) is 0 Å². The summed E-state index contributed by atoms with van der Waals surface area (Å²) in [6.07, 6.45) is 1.51. The molecule has 6 nitrogen and oxygen atoms in total. The van der Waals surface area contributed by atoms with E-state index in [0.717, 1.165) is 0 Å². The van der Waals surface area contributed by atoms with Crippen LogP contribution in [0.4, 0.5) is 0 Å². The van der Waals surface area contributed by atoms with Crippen LogP contribution in [0.25, 0.3) is 10.9 Å². The molecular weight excluding hydrogens is 270 g/mol. The van der Waals surface area contributed by atoms with Gasteiger partial charge in [0, 0.05) is 6.20 Å². The number of nitrogens with one attached hydrogen (secondary N) is 1. The van der Waals surface area contributed by atoms with Crippen molar-refractivity contribution in [2.24, 2.45) is 0 Å². The minimum absolute atomic E-state index is 0.116. The second-order valence-electron chi connectivity index (χ2n) is 4.32. The van der Waals surface area contributed by atoms with Gasteiger partial charge in [-0.2, -0.15) is 0 Å². The number of carbonyl (C=O) groups is 1. The number of aromatic nitrogens is 3. The number of esters is 1. The van der Waals surface area contributed by atoms with Gasteiger partial charge in [0.1, 0.15) is 18.1 Å². The number of ether oxygens (including phenoxy) is 1. The molecule has 0 aliphatic heterocycles. The monoisotopic (exact) mass is 281 g/mol. The molecule has 0 fully saturated rings. The van der Waals surface area contributed by atoms with Crippen molar-refractivity contribution in [3.63, 3.8) is 0 Å². The number of hydrogen-bond acceptors (Lipinski definition) is 5. The summed E-state index contributed by atoms with van der Waals surface area (Å²) < 4.78 is 5.08. The normalized spacial score (nSPS) is 10.5. The van der Waals surface area contributed by atoms with E-state index in [9.17, 15) is 9.59 Å². The molecule has 3 rings (SSSR count). The van der Waals surface area contributed by atoms with Crippen LogP contribution in [0, 0.1) is 0 Å². The number of aromatic amines is 1. The third kappa shape index (κ3) is 2.79. The van der Waals surface area contributed by atoms with Gasteiger partial charge in [-0.25, -0.2) is 14.8 Å². The lowest BCUT2D eigenvalue weighted by molar-refractivity contribution is 0.0455. The molecule has 1 N–H and O–H groups in total. The lowest BCUT2D eigenvalue weighted by atomic mass is 10.2. The lowest BCUT2D eigenvalue weighted by Crippen LogP contribution is -2.14. The fourth-order valence-corrected chi connectivity index (χ4v) is 1.89. The van der Waals surface area contributed by atoms with Crippen molar-refractivity contribution in [2.45, 2.75) is 6.61 Å². The highest BCUT2D eigenvalue weighted by atomic mass is 16.5. The molecule has 1 aromatic carbocycles. The maximum atomic E-state index is 11.9. The van der Waals surface area contributed by atoms with E-state index < -0.39 is 5.97 Å². The van der Waals surface area contributed by atoms with Crippen LogP contribution in [-0.4, -0.2) is 20.9 Å². The first kappa shape index (κ1) is 13.0. The Kier molecular flexibility index (Phi) is 3.42. The molecule has 3 aromatic rings. The highest BCUT2D eigenvalue weighted by Crippen LogP contribution is 2.06. The molecule has 0 aliphatic carbocycles. The summed E-state index contributed by atoms with van der Waals surface area (Å²) in [4.78, 5) is 34.4. The number of fused-ring (bicyclic) bond motifs is 1. The van der Waals surface area contributed by atoms with Gasteiger partial charge in [0.2, 0.25) is 0 Å². The molecule has 0 atom stereocenters. The van der Waals surface area contributed by atoms with Crippen molar-refractivity contribution >= 4 is 16.9 Å². The lowest BCUT2D eigenvalue weighted by Gasteiger charge is -2.04. The fourth-order valence-electron chi connectivity index (χ4n) is 1.89. The summed E-state index contributed by atoms with van der Waals surface area (Å²) in [7, 11) is 0. The number of para-hydroxylation sites is 1. The summed E-state index contributed by atoms with van der Waals surface area (Å²) in [6.45, 7) is -0.116. The third-order valence-corrected chi connectivity index (χ3v) is 2.88. The average Bonchev–Trinajstić information content (AvgIpc) is 2.53. The molecule has 0 aliphatic rings. The van der Waals surface area contributed by atoms with Gasteiger partial charge in [0.15, 0.2) is 0 Å². The minimum atomic E-state index is -0.564. The Hall–Kier alpha value is -3.02. The number of nitrogens with zero attached hydrogens (tertiary/aromatic N) is 2. The molecule has 0 saturated heterocycles. The second kappa shape index (κ2) is 5.54.